The summed E-state index contributed by atoms with van der Waals surface area (Å²) in [6.07, 6.45) is 0.436. The number of benzene rings is 1. The minimum atomic E-state index is -3.29. The summed E-state index contributed by atoms with van der Waals surface area (Å²) >= 11 is 0. The van der Waals surface area contributed by atoms with E-state index in [9.17, 15) is 13.5 Å². The molecular weight excluding hydrogens is 276 g/mol. The second-order valence-electron chi connectivity index (χ2n) is 5.34. The predicted molar refractivity (Wildman–Crippen MR) is 79.5 cm³/mol. The highest BCUT2D eigenvalue weighted by atomic mass is 32.2. The molecule has 0 fully saturated rings. The van der Waals surface area contributed by atoms with E-state index in [1.807, 2.05) is 13.0 Å². The van der Waals surface area contributed by atoms with Crippen LogP contribution in [0.15, 0.2) is 29.2 Å². The van der Waals surface area contributed by atoms with Gasteiger partial charge in [-0.2, -0.15) is 0 Å². The summed E-state index contributed by atoms with van der Waals surface area (Å²) in [6.45, 7) is 5.03. The molecule has 0 amide bonds. The number of hydrogen-bond donors (Lipinski definition) is 2. The van der Waals surface area contributed by atoms with Crippen molar-refractivity contribution in [2.24, 2.45) is 0 Å². The van der Waals surface area contributed by atoms with Crippen LogP contribution in [0.3, 0.4) is 0 Å². The van der Waals surface area contributed by atoms with Gasteiger partial charge in [-0.25, -0.2) is 8.42 Å². The van der Waals surface area contributed by atoms with Crippen molar-refractivity contribution in [2.45, 2.75) is 55.8 Å². The summed E-state index contributed by atoms with van der Waals surface area (Å²) in [4.78, 5) is 0.321. The maximum Gasteiger partial charge on any atom is 0.180 e. The first-order valence-corrected chi connectivity index (χ1v) is 8.50. The molecule has 0 bridgehead atoms. The lowest BCUT2D eigenvalue weighted by molar-refractivity contribution is 0.0817. The summed E-state index contributed by atoms with van der Waals surface area (Å²) in [5.41, 5.74) is 0.890. The highest BCUT2D eigenvalue weighted by Crippen LogP contribution is 2.27. The van der Waals surface area contributed by atoms with Crippen molar-refractivity contribution >= 4 is 9.84 Å². The van der Waals surface area contributed by atoms with Gasteiger partial charge in [-0.05, 0) is 50.3 Å². The second-order valence-corrected chi connectivity index (χ2v) is 7.85. The van der Waals surface area contributed by atoms with Gasteiger partial charge in [0.1, 0.15) is 0 Å². The van der Waals surface area contributed by atoms with Gasteiger partial charge in [0.25, 0.3) is 0 Å². The highest BCUT2D eigenvalue weighted by molar-refractivity contribution is 7.92. The predicted octanol–water partition coefficient (Wildman–Crippen LogP) is 2.11. The van der Waals surface area contributed by atoms with E-state index < -0.39 is 21.2 Å². The van der Waals surface area contributed by atoms with Crippen molar-refractivity contribution in [2.75, 3.05) is 6.61 Å². The quantitative estimate of drug-likeness (QED) is 0.808. The van der Waals surface area contributed by atoms with E-state index in [1.165, 1.54) is 0 Å². The maximum absolute atomic E-state index is 12.2. The van der Waals surface area contributed by atoms with Gasteiger partial charge < -0.3 is 10.2 Å². The lowest BCUT2D eigenvalue weighted by Crippen LogP contribution is -2.17. The van der Waals surface area contributed by atoms with Crippen LogP contribution in [0, 0.1) is 0 Å². The molecule has 0 aliphatic heterocycles. The number of aliphatic hydroxyl groups is 2. The zero-order valence-electron chi connectivity index (χ0n) is 12.3. The van der Waals surface area contributed by atoms with E-state index in [-0.39, 0.29) is 12.5 Å². The Hall–Kier alpha value is -0.910. The molecule has 2 unspecified atom stereocenters. The van der Waals surface area contributed by atoms with E-state index in [0.29, 0.717) is 11.3 Å². The Morgan fingerprint density at radius 2 is 1.90 bits per heavy atom. The average Bonchev–Trinajstić information content (AvgIpc) is 2.44. The van der Waals surface area contributed by atoms with Crippen LogP contribution in [-0.2, 0) is 9.84 Å². The van der Waals surface area contributed by atoms with Gasteiger partial charge in [-0.1, -0.05) is 19.1 Å². The standard InChI is InChI=1S/C15H24O4S/c1-4-12(8-14(17)10-16)13-6-5-7-15(9-13)20(18,19)11(2)3/h5-7,9,11-12,14,16-17H,4,8,10H2,1-3H3. The third kappa shape index (κ3) is 4.04. The molecule has 0 aromatic heterocycles. The van der Waals surface area contributed by atoms with Crippen LogP contribution >= 0.6 is 0 Å². The van der Waals surface area contributed by atoms with Gasteiger partial charge in [-0.15, -0.1) is 0 Å². The Kier molecular flexibility index (Phi) is 6.17. The molecule has 0 saturated heterocycles. The molecule has 1 aromatic carbocycles. The van der Waals surface area contributed by atoms with E-state index in [4.69, 9.17) is 5.11 Å². The topological polar surface area (TPSA) is 74.6 Å². The minimum Gasteiger partial charge on any atom is -0.394 e. The summed E-state index contributed by atoms with van der Waals surface area (Å²) in [5.74, 6) is 0.0412. The number of aliphatic hydroxyl groups excluding tert-OH is 2. The zero-order valence-corrected chi connectivity index (χ0v) is 13.1. The fraction of sp³-hybridized carbons (Fsp3) is 0.600. The highest BCUT2D eigenvalue weighted by Gasteiger charge is 2.21. The number of rotatable bonds is 7. The Labute approximate surface area is 121 Å². The lowest BCUT2D eigenvalue weighted by atomic mass is 9.91. The third-order valence-corrected chi connectivity index (χ3v) is 5.69. The van der Waals surface area contributed by atoms with Crippen LogP contribution in [0.25, 0.3) is 0 Å². The summed E-state index contributed by atoms with van der Waals surface area (Å²) < 4.78 is 24.4. The van der Waals surface area contributed by atoms with Crippen LogP contribution in [0.2, 0.25) is 0 Å². The van der Waals surface area contributed by atoms with Crippen molar-refractivity contribution < 1.29 is 18.6 Å². The molecule has 0 saturated carbocycles. The molecule has 1 aromatic rings. The van der Waals surface area contributed by atoms with Crippen LogP contribution in [0.5, 0.6) is 0 Å². The van der Waals surface area contributed by atoms with Crippen molar-refractivity contribution in [1.82, 2.24) is 0 Å². The van der Waals surface area contributed by atoms with Gasteiger partial charge >= 0.3 is 0 Å². The van der Waals surface area contributed by atoms with Crippen LogP contribution in [-0.4, -0.2) is 36.6 Å². The van der Waals surface area contributed by atoms with Gasteiger partial charge in [0.05, 0.1) is 22.9 Å². The molecular formula is C15H24O4S. The first kappa shape index (κ1) is 17.1. The molecule has 2 N–H and O–H groups in total. The van der Waals surface area contributed by atoms with Crippen LogP contribution in [0.1, 0.15) is 45.1 Å². The maximum atomic E-state index is 12.2. The monoisotopic (exact) mass is 300 g/mol. The molecule has 2 atom stereocenters. The first-order valence-electron chi connectivity index (χ1n) is 6.95. The molecule has 1 rings (SSSR count). The van der Waals surface area contributed by atoms with Gasteiger partial charge in [0.15, 0.2) is 9.84 Å². The Balaban J connectivity index is 3.08. The van der Waals surface area contributed by atoms with Gasteiger partial charge in [0, 0.05) is 0 Å². The van der Waals surface area contributed by atoms with Crippen molar-refractivity contribution in [3.63, 3.8) is 0 Å². The second kappa shape index (κ2) is 7.20. The largest absolute Gasteiger partial charge is 0.394 e. The van der Waals surface area contributed by atoms with Gasteiger partial charge in [0.2, 0.25) is 0 Å². The molecule has 5 heteroatoms. The van der Waals surface area contributed by atoms with Crippen LogP contribution < -0.4 is 0 Å². The van der Waals surface area contributed by atoms with Crippen molar-refractivity contribution in [3.05, 3.63) is 29.8 Å². The smallest absolute Gasteiger partial charge is 0.180 e. The molecule has 4 nitrogen and oxygen atoms in total. The number of sulfone groups is 1. The Bertz CT molecular complexity index is 522. The Morgan fingerprint density at radius 1 is 1.25 bits per heavy atom. The summed E-state index contributed by atoms with van der Waals surface area (Å²) in [5, 5.41) is 18.0. The first-order chi connectivity index (χ1) is 9.32. The molecule has 0 aliphatic rings. The van der Waals surface area contributed by atoms with E-state index in [2.05, 4.69) is 0 Å². The molecule has 0 aliphatic carbocycles. The third-order valence-electron chi connectivity index (χ3n) is 3.54. The van der Waals surface area contributed by atoms with Crippen molar-refractivity contribution in [1.29, 1.82) is 0 Å². The molecule has 20 heavy (non-hydrogen) atoms. The fourth-order valence-corrected chi connectivity index (χ4v) is 3.27. The SMILES string of the molecule is CCC(CC(O)CO)c1cccc(S(=O)(=O)C(C)C)c1. The van der Waals surface area contributed by atoms with Crippen LogP contribution in [0.4, 0.5) is 0 Å². The average molecular weight is 300 g/mol. The fourth-order valence-electron chi connectivity index (χ4n) is 2.16. The zero-order chi connectivity index (χ0) is 15.3. The Morgan fingerprint density at radius 3 is 2.40 bits per heavy atom. The van der Waals surface area contributed by atoms with E-state index in [1.54, 1.807) is 32.0 Å². The summed E-state index contributed by atoms with van der Waals surface area (Å²) in [7, 11) is -3.29. The molecule has 114 valence electrons. The van der Waals surface area contributed by atoms with Crippen molar-refractivity contribution in [3.8, 4) is 0 Å². The van der Waals surface area contributed by atoms with Gasteiger partial charge in [-0.3, -0.25) is 0 Å². The molecule has 0 spiro atoms. The lowest BCUT2D eigenvalue weighted by Gasteiger charge is -2.19. The molecule has 0 radical (unpaired) electrons. The van der Waals surface area contributed by atoms with E-state index >= 15 is 0 Å². The normalized spacial score (nSPS) is 15.3. The minimum absolute atomic E-state index is 0.0412. The molecule has 0 heterocycles. The number of hydrogen-bond acceptors (Lipinski definition) is 4. The summed E-state index contributed by atoms with van der Waals surface area (Å²) in [6, 6.07) is 6.90. The van der Waals surface area contributed by atoms with E-state index in [0.717, 1.165) is 12.0 Å².